The Bertz CT molecular complexity index is 770. The maximum atomic E-state index is 11.5. The molecule has 0 aliphatic carbocycles. The van der Waals surface area contributed by atoms with Crippen molar-refractivity contribution in [3.63, 3.8) is 0 Å². The van der Waals surface area contributed by atoms with Gasteiger partial charge in [0.15, 0.2) is 0 Å². The largest absolute Gasteiger partial charge is 0.378 e. The number of aromatic nitrogens is 2. The number of benzene rings is 1. The predicted molar refractivity (Wildman–Crippen MR) is 102 cm³/mol. The first-order chi connectivity index (χ1) is 12.5. The SMILES string of the molecule is Cc1ccc(CNc2nc(N)c([N+](=O)[O-])c(N3CCCCCC3)n2)cc1. The van der Waals surface area contributed by atoms with Crippen molar-refractivity contribution >= 4 is 23.3 Å². The molecule has 0 atom stereocenters. The zero-order valence-electron chi connectivity index (χ0n) is 14.9. The second kappa shape index (κ2) is 7.99. The number of nitrogens with two attached hydrogens (primary N) is 1. The van der Waals surface area contributed by atoms with E-state index in [4.69, 9.17) is 5.73 Å². The van der Waals surface area contributed by atoms with Gasteiger partial charge in [0.2, 0.25) is 17.6 Å². The van der Waals surface area contributed by atoms with Crippen molar-refractivity contribution in [2.24, 2.45) is 0 Å². The summed E-state index contributed by atoms with van der Waals surface area (Å²) in [6.45, 7) is 4.05. The van der Waals surface area contributed by atoms with Crippen molar-refractivity contribution in [3.05, 3.63) is 45.5 Å². The van der Waals surface area contributed by atoms with Gasteiger partial charge in [-0.05, 0) is 25.3 Å². The molecule has 0 radical (unpaired) electrons. The van der Waals surface area contributed by atoms with E-state index in [1.807, 2.05) is 36.1 Å². The number of nitro groups is 1. The second-order valence-corrected chi connectivity index (χ2v) is 6.60. The summed E-state index contributed by atoms with van der Waals surface area (Å²) in [5.74, 6) is 0.527. The van der Waals surface area contributed by atoms with Crippen LogP contribution in [0.1, 0.15) is 36.8 Å². The Labute approximate surface area is 152 Å². The zero-order valence-corrected chi connectivity index (χ0v) is 14.9. The van der Waals surface area contributed by atoms with Gasteiger partial charge in [-0.25, -0.2) is 0 Å². The van der Waals surface area contributed by atoms with Crippen LogP contribution in [0.15, 0.2) is 24.3 Å². The van der Waals surface area contributed by atoms with E-state index in [0.29, 0.717) is 18.3 Å². The summed E-state index contributed by atoms with van der Waals surface area (Å²) in [6, 6.07) is 8.11. The number of hydrogen-bond donors (Lipinski definition) is 2. The van der Waals surface area contributed by atoms with Crippen molar-refractivity contribution < 1.29 is 4.92 Å². The Morgan fingerprint density at radius 2 is 1.81 bits per heavy atom. The molecule has 1 aliphatic heterocycles. The zero-order chi connectivity index (χ0) is 18.5. The fourth-order valence-electron chi connectivity index (χ4n) is 3.10. The Kier molecular flexibility index (Phi) is 5.50. The molecular formula is C18H24N6O2. The molecule has 8 nitrogen and oxygen atoms in total. The van der Waals surface area contributed by atoms with Crippen LogP contribution in [0.5, 0.6) is 0 Å². The van der Waals surface area contributed by atoms with Gasteiger partial charge in [-0.1, -0.05) is 42.7 Å². The van der Waals surface area contributed by atoms with E-state index < -0.39 is 4.92 Å². The Morgan fingerprint density at radius 3 is 2.42 bits per heavy atom. The molecule has 0 bridgehead atoms. The van der Waals surface area contributed by atoms with E-state index in [9.17, 15) is 10.1 Å². The highest BCUT2D eigenvalue weighted by atomic mass is 16.6. The van der Waals surface area contributed by atoms with Gasteiger partial charge in [0.05, 0.1) is 4.92 Å². The minimum absolute atomic E-state index is 0.101. The van der Waals surface area contributed by atoms with Gasteiger partial charge < -0.3 is 16.0 Å². The molecule has 3 rings (SSSR count). The fraction of sp³-hybridized carbons (Fsp3) is 0.444. The lowest BCUT2D eigenvalue weighted by Crippen LogP contribution is -2.27. The lowest BCUT2D eigenvalue weighted by atomic mass is 10.1. The lowest BCUT2D eigenvalue weighted by Gasteiger charge is -2.22. The molecule has 1 aliphatic rings. The third-order valence-electron chi connectivity index (χ3n) is 4.55. The van der Waals surface area contributed by atoms with Gasteiger partial charge >= 0.3 is 5.69 Å². The van der Waals surface area contributed by atoms with Crippen molar-refractivity contribution in [2.45, 2.75) is 39.2 Å². The molecule has 3 N–H and O–H groups in total. The highest BCUT2D eigenvalue weighted by Crippen LogP contribution is 2.33. The first-order valence-electron chi connectivity index (χ1n) is 8.91. The molecule has 26 heavy (non-hydrogen) atoms. The molecule has 1 aromatic carbocycles. The minimum atomic E-state index is -0.487. The van der Waals surface area contributed by atoms with Gasteiger partial charge in [-0.15, -0.1) is 0 Å². The molecule has 0 saturated carbocycles. The van der Waals surface area contributed by atoms with E-state index in [-0.39, 0.29) is 11.5 Å². The molecule has 0 spiro atoms. The molecule has 0 amide bonds. The Morgan fingerprint density at radius 1 is 1.15 bits per heavy atom. The Hall–Kier alpha value is -2.90. The van der Waals surface area contributed by atoms with Crippen LogP contribution in [0.2, 0.25) is 0 Å². The number of aryl methyl sites for hydroxylation is 1. The molecule has 1 saturated heterocycles. The van der Waals surface area contributed by atoms with E-state index in [1.54, 1.807) is 0 Å². The van der Waals surface area contributed by atoms with Gasteiger partial charge in [-0.3, -0.25) is 10.1 Å². The normalized spacial score (nSPS) is 14.7. The van der Waals surface area contributed by atoms with Crippen LogP contribution < -0.4 is 16.0 Å². The predicted octanol–water partition coefficient (Wildman–Crippen LogP) is 3.27. The first kappa shape index (κ1) is 17.9. The summed E-state index contributed by atoms with van der Waals surface area (Å²) in [7, 11) is 0. The van der Waals surface area contributed by atoms with Crippen LogP contribution in [0, 0.1) is 17.0 Å². The summed E-state index contributed by atoms with van der Waals surface area (Å²) in [4.78, 5) is 21.5. The summed E-state index contributed by atoms with van der Waals surface area (Å²) in [5, 5.41) is 14.6. The van der Waals surface area contributed by atoms with Crippen LogP contribution in [-0.2, 0) is 6.54 Å². The molecule has 2 aromatic rings. The van der Waals surface area contributed by atoms with E-state index in [0.717, 1.165) is 44.3 Å². The molecular weight excluding hydrogens is 332 g/mol. The molecule has 2 heterocycles. The van der Waals surface area contributed by atoms with Crippen LogP contribution >= 0.6 is 0 Å². The minimum Gasteiger partial charge on any atom is -0.378 e. The smallest absolute Gasteiger partial charge is 0.353 e. The third-order valence-corrected chi connectivity index (χ3v) is 4.55. The quantitative estimate of drug-likeness (QED) is 0.625. The van der Waals surface area contributed by atoms with Gasteiger partial charge in [0, 0.05) is 19.6 Å². The second-order valence-electron chi connectivity index (χ2n) is 6.60. The van der Waals surface area contributed by atoms with E-state index in [2.05, 4.69) is 15.3 Å². The number of nitrogens with zero attached hydrogens (tertiary/aromatic N) is 4. The standard InChI is InChI=1S/C18H24N6O2/c1-13-6-8-14(9-7-13)12-20-18-21-16(19)15(24(25)26)17(22-18)23-10-4-2-3-5-11-23/h6-9H,2-5,10-12H2,1H3,(H3,19,20,21,22). The van der Waals surface area contributed by atoms with E-state index >= 15 is 0 Å². The van der Waals surface area contributed by atoms with Crippen molar-refractivity contribution in [1.29, 1.82) is 0 Å². The van der Waals surface area contributed by atoms with Crippen molar-refractivity contribution in [1.82, 2.24) is 9.97 Å². The molecule has 138 valence electrons. The van der Waals surface area contributed by atoms with Crippen LogP contribution in [-0.4, -0.2) is 28.0 Å². The van der Waals surface area contributed by atoms with Gasteiger partial charge in [0.1, 0.15) is 0 Å². The third kappa shape index (κ3) is 4.19. The number of rotatable bonds is 5. The van der Waals surface area contributed by atoms with Gasteiger partial charge in [0.25, 0.3) is 0 Å². The monoisotopic (exact) mass is 356 g/mol. The average molecular weight is 356 g/mol. The summed E-state index contributed by atoms with van der Waals surface area (Å²) in [6.07, 6.45) is 4.24. The highest BCUT2D eigenvalue weighted by Gasteiger charge is 2.27. The fourth-order valence-corrected chi connectivity index (χ4v) is 3.10. The summed E-state index contributed by atoms with van der Waals surface area (Å²) in [5.41, 5.74) is 7.96. The lowest BCUT2D eigenvalue weighted by molar-refractivity contribution is -0.383. The van der Waals surface area contributed by atoms with Crippen molar-refractivity contribution in [3.8, 4) is 0 Å². The maximum absolute atomic E-state index is 11.5. The topological polar surface area (TPSA) is 110 Å². The molecule has 0 unspecified atom stereocenters. The number of hydrogen-bond acceptors (Lipinski definition) is 7. The average Bonchev–Trinajstić information content (AvgIpc) is 2.89. The molecule has 1 aromatic heterocycles. The van der Waals surface area contributed by atoms with Crippen LogP contribution in [0.4, 0.5) is 23.3 Å². The van der Waals surface area contributed by atoms with Crippen molar-refractivity contribution in [2.75, 3.05) is 29.0 Å². The van der Waals surface area contributed by atoms with E-state index in [1.165, 1.54) is 5.56 Å². The van der Waals surface area contributed by atoms with Crippen LogP contribution in [0.3, 0.4) is 0 Å². The highest BCUT2D eigenvalue weighted by molar-refractivity contribution is 5.71. The van der Waals surface area contributed by atoms with Gasteiger partial charge in [-0.2, -0.15) is 9.97 Å². The first-order valence-corrected chi connectivity index (χ1v) is 8.91. The summed E-state index contributed by atoms with van der Waals surface area (Å²) < 4.78 is 0. The number of anilines is 3. The number of nitrogen functional groups attached to an aromatic ring is 1. The number of nitrogens with one attached hydrogen (secondary N) is 1. The summed E-state index contributed by atoms with van der Waals surface area (Å²) >= 11 is 0. The maximum Gasteiger partial charge on any atom is 0.353 e. The van der Waals surface area contributed by atoms with Crippen LogP contribution in [0.25, 0.3) is 0 Å². The Balaban J connectivity index is 1.86. The molecule has 1 fully saturated rings. The molecule has 8 heteroatoms.